The number of nitrogens with one attached hydrogen (secondary N) is 1. The molecule has 0 aromatic heterocycles. The molecule has 0 saturated carbocycles. The molecule has 0 amide bonds. The van der Waals surface area contributed by atoms with E-state index in [0.29, 0.717) is 12.1 Å². The van der Waals surface area contributed by atoms with Crippen LogP contribution in [0.3, 0.4) is 0 Å². The first-order chi connectivity index (χ1) is 8.63. The fraction of sp³-hybridized carbons (Fsp3) is 0.625. The lowest BCUT2D eigenvalue weighted by molar-refractivity contribution is 0.0632. The zero-order chi connectivity index (χ0) is 13.5. The predicted molar refractivity (Wildman–Crippen MR) is 78.2 cm³/mol. The summed E-state index contributed by atoms with van der Waals surface area (Å²) in [6, 6.07) is 6.89. The number of rotatable bonds is 7. The minimum Gasteiger partial charge on any atom is -0.380 e. The van der Waals surface area contributed by atoms with Gasteiger partial charge in [-0.3, -0.25) is 0 Å². The minimum absolute atomic E-state index is 0.291. The molecule has 2 unspecified atom stereocenters. The van der Waals surface area contributed by atoms with Crippen LogP contribution in [0.4, 0.5) is 0 Å². The van der Waals surface area contributed by atoms with Crippen molar-refractivity contribution < 1.29 is 4.74 Å². The van der Waals surface area contributed by atoms with Crippen LogP contribution in [0.25, 0.3) is 0 Å². The molecule has 2 atom stereocenters. The second-order valence-electron chi connectivity index (χ2n) is 5.03. The fourth-order valence-electron chi connectivity index (χ4n) is 2.58. The number of likely N-dealkylation sites (N-methyl/N-ethyl adjacent to an activating group) is 1. The van der Waals surface area contributed by atoms with Crippen LogP contribution in [-0.2, 0) is 11.2 Å². The van der Waals surface area contributed by atoms with E-state index in [-0.39, 0.29) is 0 Å². The Balaban J connectivity index is 2.85. The van der Waals surface area contributed by atoms with Crippen molar-refractivity contribution in [2.24, 2.45) is 0 Å². The Morgan fingerprint density at radius 2 is 1.83 bits per heavy atom. The monoisotopic (exact) mass is 249 g/mol. The van der Waals surface area contributed by atoms with Crippen molar-refractivity contribution in [3.8, 4) is 0 Å². The largest absolute Gasteiger partial charge is 0.380 e. The van der Waals surface area contributed by atoms with E-state index < -0.39 is 0 Å². The number of hydrogen-bond donors (Lipinski definition) is 1. The van der Waals surface area contributed by atoms with Crippen molar-refractivity contribution in [1.82, 2.24) is 5.32 Å². The third-order valence-corrected chi connectivity index (χ3v) is 3.76. The topological polar surface area (TPSA) is 21.3 Å². The number of methoxy groups -OCH3 is 1. The van der Waals surface area contributed by atoms with Gasteiger partial charge in [0.2, 0.25) is 0 Å². The minimum atomic E-state index is 0.291. The molecule has 1 aromatic carbocycles. The van der Waals surface area contributed by atoms with Crippen LogP contribution in [0.5, 0.6) is 0 Å². The predicted octanol–water partition coefficient (Wildman–Crippen LogP) is 3.25. The maximum Gasteiger partial charge on any atom is 0.0727 e. The normalized spacial score (nSPS) is 14.5. The second-order valence-corrected chi connectivity index (χ2v) is 5.03. The molecule has 0 heterocycles. The van der Waals surface area contributed by atoms with Crippen molar-refractivity contribution in [3.63, 3.8) is 0 Å². The van der Waals surface area contributed by atoms with Crippen molar-refractivity contribution in [2.45, 2.75) is 52.2 Å². The Morgan fingerprint density at radius 1 is 1.22 bits per heavy atom. The standard InChI is InChI=1S/C16H27NO/c1-6-8-16(18-5)15(17-4)11-14-12(2)9-7-10-13(14)3/h7,9-10,15-17H,6,8,11H2,1-5H3. The smallest absolute Gasteiger partial charge is 0.0727 e. The van der Waals surface area contributed by atoms with Gasteiger partial charge < -0.3 is 10.1 Å². The average molecular weight is 249 g/mol. The zero-order valence-electron chi connectivity index (χ0n) is 12.4. The number of hydrogen-bond acceptors (Lipinski definition) is 2. The van der Waals surface area contributed by atoms with E-state index in [4.69, 9.17) is 4.74 Å². The first-order valence-corrected chi connectivity index (χ1v) is 6.89. The summed E-state index contributed by atoms with van der Waals surface area (Å²) in [6.45, 7) is 6.59. The highest BCUT2D eigenvalue weighted by molar-refractivity contribution is 5.34. The van der Waals surface area contributed by atoms with Gasteiger partial charge in [0.25, 0.3) is 0 Å². The summed E-state index contributed by atoms with van der Waals surface area (Å²) in [6.07, 6.45) is 3.59. The van der Waals surface area contributed by atoms with Crippen LogP contribution in [-0.4, -0.2) is 26.3 Å². The van der Waals surface area contributed by atoms with Crippen LogP contribution >= 0.6 is 0 Å². The average Bonchev–Trinajstić information content (AvgIpc) is 2.36. The van der Waals surface area contributed by atoms with E-state index >= 15 is 0 Å². The SMILES string of the molecule is CCCC(OC)C(Cc1c(C)cccc1C)NC. The second kappa shape index (κ2) is 7.55. The number of benzene rings is 1. The van der Waals surface area contributed by atoms with Gasteiger partial charge in [0.05, 0.1) is 6.10 Å². The van der Waals surface area contributed by atoms with Crippen molar-refractivity contribution >= 4 is 0 Å². The molecule has 0 saturated heterocycles. The van der Waals surface area contributed by atoms with Crippen molar-refractivity contribution in [2.75, 3.05) is 14.2 Å². The van der Waals surface area contributed by atoms with Crippen LogP contribution in [0, 0.1) is 13.8 Å². The van der Waals surface area contributed by atoms with Gasteiger partial charge in [-0.2, -0.15) is 0 Å². The lowest BCUT2D eigenvalue weighted by Crippen LogP contribution is -2.40. The summed E-state index contributed by atoms with van der Waals surface area (Å²) in [5, 5.41) is 3.42. The van der Waals surface area contributed by atoms with E-state index in [1.807, 2.05) is 14.2 Å². The number of ether oxygens (including phenoxy) is 1. The van der Waals surface area contributed by atoms with E-state index in [1.165, 1.54) is 16.7 Å². The molecule has 1 N–H and O–H groups in total. The third kappa shape index (κ3) is 3.82. The summed E-state index contributed by atoms with van der Waals surface area (Å²) in [7, 11) is 3.84. The van der Waals surface area contributed by atoms with Gasteiger partial charge in [-0.25, -0.2) is 0 Å². The van der Waals surface area contributed by atoms with E-state index in [0.717, 1.165) is 19.3 Å². The quantitative estimate of drug-likeness (QED) is 0.801. The highest BCUT2D eigenvalue weighted by Gasteiger charge is 2.20. The Hall–Kier alpha value is -0.860. The van der Waals surface area contributed by atoms with E-state index in [2.05, 4.69) is 44.3 Å². The summed E-state index contributed by atoms with van der Waals surface area (Å²) < 4.78 is 5.63. The van der Waals surface area contributed by atoms with Gasteiger partial charge in [0.1, 0.15) is 0 Å². The van der Waals surface area contributed by atoms with Crippen molar-refractivity contribution in [3.05, 3.63) is 34.9 Å². The molecule has 0 aliphatic carbocycles. The first kappa shape index (κ1) is 15.2. The van der Waals surface area contributed by atoms with Gasteiger partial charge >= 0.3 is 0 Å². The van der Waals surface area contributed by atoms with Crippen LogP contribution in [0.15, 0.2) is 18.2 Å². The molecule has 0 spiro atoms. The molecule has 0 radical (unpaired) electrons. The Bertz CT molecular complexity index is 342. The van der Waals surface area contributed by atoms with E-state index in [1.54, 1.807) is 0 Å². The van der Waals surface area contributed by atoms with Crippen LogP contribution in [0.1, 0.15) is 36.5 Å². The lowest BCUT2D eigenvalue weighted by Gasteiger charge is -2.26. The highest BCUT2D eigenvalue weighted by atomic mass is 16.5. The maximum atomic E-state index is 5.63. The molecule has 0 bridgehead atoms. The zero-order valence-corrected chi connectivity index (χ0v) is 12.4. The Morgan fingerprint density at radius 3 is 2.28 bits per heavy atom. The van der Waals surface area contributed by atoms with Gasteiger partial charge in [0, 0.05) is 13.2 Å². The Kier molecular flexibility index (Phi) is 6.37. The molecule has 0 aliphatic heterocycles. The molecular formula is C16H27NO. The molecule has 2 nitrogen and oxygen atoms in total. The van der Waals surface area contributed by atoms with Gasteiger partial charge in [-0.05, 0) is 50.4 Å². The van der Waals surface area contributed by atoms with Crippen molar-refractivity contribution in [1.29, 1.82) is 0 Å². The van der Waals surface area contributed by atoms with Gasteiger partial charge in [-0.15, -0.1) is 0 Å². The maximum absolute atomic E-state index is 5.63. The van der Waals surface area contributed by atoms with Crippen LogP contribution < -0.4 is 5.32 Å². The van der Waals surface area contributed by atoms with Crippen LogP contribution in [0.2, 0.25) is 0 Å². The molecule has 0 fully saturated rings. The lowest BCUT2D eigenvalue weighted by atomic mass is 9.93. The summed E-state index contributed by atoms with van der Waals surface area (Å²) in [5.41, 5.74) is 4.21. The molecule has 1 aromatic rings. The molecule has 2 heteroatoms. The molecule has 1 rings (SSSR count). The molecular weight excluding hydrogens is 222 g/mol. The Labute approximate surface area is 112 Å². The third-order valence-electron chi connectivity index (χ3n) is 3.76. The van der Waals surface area contributed by atoms with Gasteiger partial charge in [0.15, 0.2) is 0 Å². The summed E-state index contributed by atoms with van der Waals surface area (Å²) >= 11 is 0. The molecule has 102 valence electrons. The fourth-order valence-corrected chi connectivity index (χ4v) is 2.58. The highest BCUT2D eigenvalue weighted by Crippen LogP contribution is 2.18. The van der Waals surface area contributed by atoms with Gasteiger partial charge in [-0.1, -0.05) is 31.5 Å². The van der Waals surface area contributed by atoms with E-state index in [9.17, 15) is 0 Å². The summed E-state index contributed by atoms with van der Waals surface area (Å²) in [5.74, 6) is 0. The summed E-state index contributed by atoms with van der Waals surface area (Å²) in [4.78, 5) is 0. The number of aryl methyl sites for hydroxylation is 2. The molecule has 18 heavy (non-hydrogen) atoms. The first-order valence-electron chi connectivity index (χ1n) is 6.89. The molecule has 0 aliphatic rings.